The Balaban J connectivity index is 1.73. The number of aryl methyl sites for hydroxylation is 1. The van der Waals surface area contributed by atoms with E-state index in [0.717, 1.165) is 16.9 Å². The molecule has 0 aliphatic rings. The molecule has 1 heterocycles. The van der Waals surface area contributed by atoms with Crippen molar-refractivity contribution in [2.45, 2.75) is 19.6 Å². The lowest BCUT2D eigenvalue weighted by atomic mass is 10.1. The number of carbonyl (C=O) groups excluding carboxylic acids is 1. The van der Waals surface area contributed by atoms with Crippen molar-refractivity contribution in [3.63, 3.8) is 0 Å². The van der Waals surface area contributed by atoms with Crippen LogP contribution < -0.4 is 5.32 Å². The second-order valence-electron chi connectivity index (χ2n) is 6.03. The van der Waals surface area contributed by atoms with Crippen molar-refractivity contribution in [1.29, 1.82) is 0 Å². The number of nitro groups is 1. The quantitative estimate of drug-likeness (QED) is 0.514. The molecule has 0 bridgehead atoms. The van der Waals surface area contributed by atoms with Crippen molar-refractivity contribution < 1.29 is 22.9 Å². The number of halogens is 3. The minimum atomic E-state index is -4.51. The monoisotopic (exact) mass is 406 g/mol. The number of carbonyl (C=O) groups is 1. The SMILES string of the molecule is Cc1ccc([N+](=O)[O-])cc1NC(=O)Cn1nnc(-c2cccc(C(F)(F)F)c2)n1. The summed E-state index contributed by atoms with van der Waals surface area (Å²) in [7, 11) is 0. The fourth-order valence-electron chi connectivity index (χ4n) is 2.44. The summed E-state index contributed by atoms with van der Waals surface area (Å²) in [6.45, 7) is 1.28. The van der Waals surface area contributed by atoms with E-state index in [1.165, 1.54) is 30.3 Å². The van der Waals surface area contributed by atoms with Crippen LogP contribution in [0.2, 0.25) is 0 Å². The van der Waals surface area contributed by atoms with Gasteiger partial charge in [0, 0.05) is 17.7 Å². The summed E-state index contributed by atoms with van der Waals surface area (Å²) in [6, 6.07) is 8.44. The van der Waals surface area contributed by atoms with E-state index in [9.17, 15) is 28.1 Å². The zero-order chi connectivity index (χ0) is 21.2. The van der Waals surface area contributed by atoms with Crippen LogP contribution >= 0.6 is 0 Å². The summed E-state index contributed by atoms with van der Waals surface area (Å²) in [5, 5.41) is 24.6. The van der Waals surface area contributed by atoms with Gasteiger partial charge in [0.1, 0.15) is 6.54 Å². The van der Waals surface area contributed by atoms with Crippen LogP contribution in [0.3, 0.4) is 0 Å². The maximum atomic E-state index is 12.8. The standard InChI is InChI=1S/C17H13F3N6O3/c1-10-5-6-13(26(28)29)8-14(10)21-15(27)9-25-23-16(22-24-25)11-3-2-4-12(7-11)17(18,19)20/h2-8H,9H2,1H3,(H,21,27). The molecular formula is C17H13F3N6O3. The molecule has 0 fully saturated rings. The first-order valence-corrected chi connectivity index (χ1v) is 8.14. The molecule has 0 aliphatic carbocycles. The number of nitro benzene ring substituents is 1. The van der Waals surface area contributed by atoms with Crippen molar-refractivity contribution in [3.8, 4) is 11.4 Å². The Labute approximate surface area is 161 Å². The molecule has 0 saturated carbocycles. The van der Waals surface area contributed by atoms with E-state index < -0.39 is 22.6 Å². The van der Waals surface area contributed by atoms with Gasteiger partial charge in [-0.1, -0.05) is 18.2 Å². The lowest BCUT2D eigenvalue weighted by Gasteiger charge is -2.07. The van der Waals surface area contributed by atoms with Crippen molar-refractivity contribution in [3.05, 3.63) is 63.7 Å². The van der Waals surface area contributed by atoms with E-state index in [-0.39, 0.29) is 29.3 Å². The fraction of sp³-hybridized carbons (Fsp3) is 0.176. The predicted octanol–water partition coefficient (Wildman–Crippen LogP) is 3.21. The number of rotatable bonds is 5. The molecule has 0 atom stereocenters. The molecule has 3 rings (SSSR count). The molecular weight excluding hydrogens is 393 g/mol. The summed E-state index contributed by atoms with van der Waals surface area (Å²) in [6.07, 6.45) is -4.51. The van der Waals surface area contributed by atoms with Crippen LogP contribution in [0, 0.1) is 17.0 Å². The Morgan fingerprint density at radius 2 is 2.00 bits per heavy atom. The van der Waals surface area contributed by atoms with Crippen LogP contribution in [0.5, 0.6) is 0 Å². The lowest BCUT2D eigenvalue weighted by Crippen LogP contribution is -2.21. The smallest absolute Gasteiger partial charge is 0.324 e. The molecule has 2 aromatic carbocycles. The lowest BCUT2D eigenvalue weighted by molar-refractivity contribution is -0.384. The molecule has 1 aromatic heterocycles. The van der Waals surface area contributed by atoms with E-state index in [1.807, 2.05) is 0 Å². The maximum absolute atomic E-state index is 12.8. The summed E-state index contributed by atoms with van der Waals surface area (Å²) in [5.41, 5.74) is -0.0783. The first kappa shape index (κ1) is 19.9. The third-order valence-corrected chi connectivity index (χ3v) is 3.89. The molecule has 0 aliphatic heterocycles. The average molecular weight is 406 g/mol. The summed E-state index contributed by atoms with van der Waals surface area (Å²) in [4.78, 5) is 23.4. The average Bonchev–Trinajstić information content (AvgIpc) is 3.11. The topological polar surface area (TPSA) is 116 Å². The van der Waals surface area contributed by atoms with Crippen LogP contribution in [0.25, 0.3) is 11.4 Å². The minimum Gasteiger partial charge on any atom is -0.324 e. The molecule has 29 heavy (non-hydrogen) atoms. The first-order valence-electron chi connectivity index (χ1n) is 8.14. The van der Waals surface area contributed by atoms with Crippen molar-refractivity contribution >= 4 is 17.3 Å². The first-order chi connectivity index (χ1) is 13.6. The number of benzene rings is 2. The highest BCUT2D eigenvalue weighted by Crippen LogP contribution is 2.31. The zero-order valence-corrected chi connectivity index (χ0v) is 14.8. The van der Waals surface area contributed by atoms with Crippen molar-refractivity contribution in [2.75, 3.05) is 5.32 Å². The third-order valence-electron chi connectivity index (χ3n) is 3.89. The number of alkyl halides is 3. The maximum Gasteiger partial charge on any atom is 0.416 e. The Hall–Kier alpha value is -3.83. The van der Waals surface area contributed by atoms with Crippen molar-refractivity contribution in [2.24, 2.45) is 0 Å². The number of nitrogens with one attached hydrogen (secondary N) is 1. The molecule has 0 spiro atoms. The Bertz CT molecular complexity index is 1080. The number of nitrogens with zero attached hydrogens (tertiary/aromatic N) is 5. The number of hydrogen-bond acceptors (Lipinski definition) is 6. The number of tetrazole rings is 1. The molecule has 3 aromatic rings. The van der Waals surface area contributed by atoms with Gasteiger partial charge in [0.05, 0.1) is 16.2 Å². The van der Waals surface area contributed by atoms with E-state index in [0.29, 0.717) is 5.56 Å². The molecule has 9 nitrogen and oxygen atoms in total. The van der Waals surface area contributed by atoms with Gasteiger partial charge in [-0.25, -0.2) is 0 Å². The van der Waals surface area contributed by atoms with E-state index in [1.54, 1.807) is 6.92 Å². The zero-order valence-electron chi connectivity index (χ0n) is 14.8. The Morgan fingerprint density at radius 3 is 2.69 bits per heavy atom. The van der Waals surface area contributed by atoms with Gasteiger partial charge in [0.25, 0.3) is 5.69 Å². The third kappa shape index (κ3) is 4.72. The van der Waals surface area contributed by atoms with Crippen LogP contribution in [-0.4, -0.2) is 31.0 Å². The Kier molecular flexibility index (Phi) is 5.26. The number of amides is 1. The number of aromatic nitrogens is 4. The largest absolute Gasteiger partial charge is 0.416 e. The van der Waals surface area contributed by atoms with Gasteiger partial charge >= 0.3 is 6.18 Å². The predicted molar refractivity (Wildman–Crippen MR) is 94.7 cm³/mol. The molecule has 0 unspecified atom stereocenters. The summed E-state index contributed by atoms with van der Waals surface area (Å²) >= 11 is 0. The number of anilines is 1. The molecule has 0 saturated heterocycles. The number of hydrogen-bond donors (Lipinski definition) is 1. The van der Waals surface area contributed by atoms with Gasteiger partial charge in [-0.15, -0.1) is 10.2 Å². The summed E-state index contributed by atoms with van der Waals surface area (Å²) in [5.74, 6) is -0.656. The van der Waals surface area contributed by atoms with Crippen LogP contribution in [0.1, 0.15) is 11.1 Å². The second kappa shape index (κ2) is 7.66. The summed E-state index contributed by atoms with van der Waals surface area (Å²) < 4.78 is 38.5. The van der Waals surface area contributed by atoms with E-state index >= 15 is 0 Å². The van der Waals surface area contributed by atoms with Crippen LogP contribution in [0.15, 0.2) is 42.5 Å². The molecule has 12 heteroatoms. The molecule has 1 amide bonds. The van der Waals surface area contributed by atoms with Crippen LogP contribution in [0.4, 0.5) is 24.5 Å². The second-order valence-corrected chi connectivity index (χ2v) is 6.03. The fourth-order valence-corrected chi connectivity index (χ4v) is 2.44. The van der Waals surface area contributed by atoms with E-state index in [2.05, 4.69) is 20.7 Å². The van der Waals surface area contributed by atoms with Gasteiger partial charge in [0.2, 0.25) is 11.7 Å². The van der Waals surface area contributed by atoms with Gasteiger partial charge < -0.3 is 5.32 Å². The van der Waals surface area contributed by atoms with Gasteiger partial charge in [-0.3, -0.25) is 14.9 Å². The highest BCUT2D eigenvalue weighted by atomic mass is 19.4. The van der Waals surface area contributed by atoms with Gasteiger partial charge in [-0.05, 0) is 29.8 Å². The number of non-ortho nitro benzene ring substituents is 1. The molecule has 150 valence electrons. The Morgan fingerprint density at radius 1 is 1.24 bits per heavy atom. The molecule has 0 radical (unpaired) electrons. The molecule has 1 N–H and O–H groups in total. The minimum absolute atomic E-state index is 0.0737. The van der Waals surface area contributed by atoms with Gasteiger partial charge in [-0.2, -0.15) is 18.0 Å². The highest BCUT2D eigenvalue weighted by Gasteiger charge is 2.30. The van der Waals surface area contributed by atoms with Crippen LogP contribution in [-0.2, 0) is 17.5 Å². The van der Waals surface area contributed by atoms with Crippen molar-refractivity contribution in [1.82, 2.24) is 20.2 Å². The van der Waals surface area contributed by atoms with E-state index in [4.69, 9.17) is 0 Å². The van der Waals surface area contributed by atoms with Gasteiger partial charge in [0.15, 0.2) is 0 Å². The normalized spacial score (nSPS) is 11.3. The highest BCUT2D eigenvalue weighted by molar-refractivity contribution is 5.91.